The molecular weight excluding hydrogens is 470 g/mol. The number of hydrogen-bond acceptors (Lipinski definition) is 9. The second kappa shape index (κ2) is 8.75. The number of nitrogens with zero attached hydrogens (tertiary/aromatic N) is 2. The minimum absolute atomic E-state index is 0.00532. The lowest BCUT2D eigenvalue weighted by Gasteiger charge is -2.50. The lowest BCUT2D eigenvalue weighted by Crippen LogP contribution is -2.65. The Labute approximate surface area is 207 Å². The Bertz CT molecular complexity index is 1250. The fraction of sp³-hybridized carbons (Fsp3) is 0.440. The number of rotatable bonds is 6. The monoisotopic (exact) mass is 499 g/mol. The molecule has 0 aromatic heterocycles. The van der Waals surface area contributed by atoms with Crippen molar-refractivity contribution in [2.24, 2.45) is 17.6 Å². The Morgan fingerprint density at radius 2 is 1.89 bits per heavy atom. The quantitative estimate of drug-likeness (QED) is 0.264. The zero-order valence-electron chi connectivity index (χ0n) is 20.2. The minimum atomic E-state index is -2.67. The standard InChI is InChI=1S/C25H29N3O8/c1-4-28(10-29)9-12-6-5-11-7-13-8-14-18(27(2)3)21(32)17(24(26)35)23(34)25(14,36)22(33)16(13)20(31)15(11)19(12)30/h5-6,10,13-14,18,30-31,34,36H,4,7-9H2,1-3H3,(H2,26,35)/t13?,14?,18?,25-/m0/s1. The number of Topliss-reactive ketones (excluding diaryl/α,β-unsaturated/α-hetero) is 2. The summed E-state index contributed by atoms with van der Waals surface area (Å²) in [5.74, 6) is -6.86. The van der Waals surface area contributed by atoms with E-state index in [4.69, 9.17) is 5.73 Å². The van der Waals surface area contributed by atoms with E-state index in [1.54, 1.807) is 33.2 Å². The highest BCUT2D eigenvalue weighted by Gasteiger charge is 2.64. The maximum absolute atomic E-state index is 13.8. The fourth-order valence-electron chi connectivity index (χ4n) is 5.83. The van der Waals surface area contributed by atoms with Crippen LogP contribution < -0.4 is 5.73 Å². The van der Waals surface area contributed by atoms with Crippen LogP contribution in [0.2, 0.25) is 0 Å². The summed E-state index contributed by atoms with van der Waals surface area (Å²) < 4.78 is 0. The number of carbonyl (C=O) groups is 4. The number of amides is 2. The van der Waals surface area contributed by atoms with Crippen LogP contribution in [0, 0.1) is 11.8 Å². The number of nitrogens with two attached hydrogens (primary N) is 1. The van der Waals surface area contributed by atoms with Gasteiger partial charge in [0.05, 0.1) is 11.6 Å². The van der Waals surface area contributed by atoms with Crippen LogP contribution in [0.4, 0.5) is 0 Å². The van der Waals surface area contributed by atoms with Gasteiger partial charge in [0, 0.05) is 30.1 Å². The number of phenols is 1. The number of hydrogen-bond donors (Lipinski definition) is 5. The third-order valence-corrected chi connectivity index (χ3v) is 7.61. The van der Waals surface area contributed by atoms with Gasteiger partial charge in [-0.15, -0.1) is 0 Å². The zero-order chi connectivity index (χ0) is 26.7. The number of benzene rings is 1. The van der Waals surface area contributed by atoms with Crippen molar-refractivity contribution in [2.45, 2.75) is 38.0 Å². The van der Waals surface area contributed by atoms with Gasteiger partial charge in [0.1, 0.15) is 22.8 Å². The van der Waals surface area contributed by atoms with Gasteiger partial charge in [-0.3, -0.25) is 24.1 Å². The van der Waals surface area contributed by atoms with Crippen LogP contribution in [0.15, 0.2) is 29.0 Å². The molecular formula is C25H29N3O8. The molecule has 0 heterocycles. The third kappa shape index (κ3) is 3.41. The predicted octanol–water partition coefficient (Wildman–Crippen LogP) is -0.0577. The van der Waals surface area contributed by atoms with Crippen molar-refractivity contribution in [1.29, 1.82) is 0 Å². The van der Waals surface area contributed by atoms with Crippen molar-refractivity contribution >= 4 is 29.6 Å². The summed E-state index contributed by atoms with van der Waals surface area (Å²) in [4.78, 5) is 52.9. The molecule has 1 aromatic carbocycles. The van der Waals surface area contributed by atoms with Crippen molar-refractivity contribution < 1.29 is 39.6 Å². The summed E-state index contributed by atoms with van der Waals surface area (Å²) in [6.45, 7) is 2.23. The van der Waals surface area contributed by atoms with Crippen molar-refractivity contribution in [3.05, 3.63) is 45.7 Å². The van der Waals surface area contributed by atoms with Crippen molar-refractivity contribution in [2.75, 3.05) is 20.6 Å². The van der Waals surface area contributed by atoms with E-state index in [0.717, 1.165) is 0 Å². The normalized spacial score (nSPS) is 27.5. The molecule has 1 fully saturated rings. The lowest BCUT2D eigenvalue weighted by molar-refractivity contribution is -0.153. The van der Waals surface area contributed by atoms with Crippen molar-refractivity contribution in [3.63, 3.8) is 0 Å². The van der Waals surface area contributed by atoms with Crippen molar-refractivity contribution in [3.8, 4) is 5.75 Å². The molecule has 4 rings (SSSR count). The van der Waals surface area contributed by atoms with Gasteiger partial charge in [0.2, 0.25) is 12.2 Å². The summed E-state index contributed by atoms with van der Waals surface area (Å²) in [5.41, 5.74) is 2.49. The number of aliphatic hydroxyl groups excluding tert-OH is 2. The largest absolute Gasteiger partial charge is 0.508 e. The highest BCUT2D eigenvalue weighted by atomic mass is 16.3. The SMILES string of the molecule is CCN(C=O)Cc1ccc2c(c1O)C(O)=C1C(=O)[C@]3(O)C(O)=C(C(N)=O)C(=O)C(N(C)C)C3CC1C2. The highest BCUT2D eigenvalue weighted by molar-refractivity contribution is 6.24. The van der Waals surface area contributed by atoms with E-state index in [0.29, 0.717) is 24.1 Å². The van der Waals surface area contributed by atoms with E-state index in [9.17, 15) is 39.6 Å². The molecule has 1 aromatic rings. The second-order valence-corrected chi connectivity index (χ2v) is 9.74. The number of aliphatic hydroxyl groups is 3. The number of carbonyl (C=O) groups excluding carboxylic acids is 4. The molecule has 36 heavy (non-hydrogen) atoms. The highest BCUT2D eigenvalue weighted by Crippen LogP contribution is 2.52. The second-order valence-electron chi connectivity index (χ2n) is 9.74. The molecule has 6 N–H and O–H groups in total. The van der Waals surface area contributed by atoms with E-state index in [1.165, 1.54) is 9.80 Å². The van der Waals surface area contributed by atoms with Gasteiger partial charge in [-0.1, -0.05) is 12.1 Å². The number of fused-ring (bicyclic) bond motifs is 3. The Hall–Kier alpha value is -3.70. The Kier molecular flexibility index (Phi) is 6.17. The molecule has 3 aliphatic rings. The maximum atomic E-state index is 13.8. The average molecular weight is 500 g/mol. The number of primary amides is 1. The first kappa shape index (κ1) is 25.4. The molecule has 0 aliphatic heterocycles. The molecule has 1 saturated carbocycles. The van der Waals surface area contributed by atoms with Crippen LogP contribution >= 0.6 is 0 Å². The lowest BCUT2D eigenvalue weighted by atomic mass is 9.57. The van der Waals surface area contributed by atoms with Crippen LogP contribution in [0.3, 0.4) is 0 Å². The molecule has 4 atom stereocenters. The van der Waals surface area contributed by atoms with Gasteiger partial charge in [-0.25, -0.2) is 0 Å². The average Bonchev–Trinajstić information content (AvgIpc) is 2.80. The molecule has 3 aliphatic carbocycles. The number of phenolic OH excluding ortho intramolecular Hbond substituents is 1. The molecule has 0 spiro atoms. The molecule has 11 heteroatoms. The smallest absolute Gasteiger partial charge is 0.255 e. The van der Waals surface area contributed by atoms with Gasteiger partial charge in [0.25, 0.3) is 5.91 Å². The first-order chi connectivity index (χ1) is 16.9. The number of likely N-dealkylation sites (N-methyl/N-ethyl adjacent to an activating group) is 1. The van der Waals surface area contributed by atoms with Gasteiger partial charge in [-0.2, -0.15) is 0 Å². The predicted molar refractivity (Wildman–Crippen MR) is 126 cm³/mol. The molecule has 0 bridgehead atoms. The van der Waals surface area contributed by atoms with E-state index < -0.39 is 58.0 Å². The first-order valence-electron chi connectivity index (χ1n) is 11.6. The minimum Gasteiger partial charge on any atom is -0.508 e. The van der Waals surface area contributed by atoms with E-state index in [1.807, 2.05) is 0 Å². The van der Waals surface area contributed by atoms with Gasteiger partial charge in [-0.05, 0) is 45.3 Å². The Morgan fingerprint density at radius 1 is 1.22 bits per heavy atom. The summed E-state index contributed by atoms with van der Waals surface area (Å²) in [6.07, 6.45) is 0.876. The molecule has 0 saturated heterocycles. The van der Waals surface area contributed by atoms with E-state index in [2.05, 4.69) is 0 Å². The van der Waals surface area contributed by atoms with Crippen LogP contribution in [0.5, 0.6) is 5.75 Å². The van der Waals surface area contributed by atoms with Crippen LogP contribution in [0.25, 0.3) is 5.76 Å². The summed E-state index contributed by atoms with van der Waals surface area (Å²) in [6, 6.07) is 2.21. The molecule has 11 nitrogen and oxygen atoms in total. The Balaban J connectivity index is 1.90. The first-order valence-corrected chi connectivity index (χ1v) is 11.6. The van der Waals surface area contributed by atoms with Gasteiger partial charge >= 0.3 is 0 Å². The molecule has 192 valence electrons. The fourth-order valence-corrected chi connectivity index (χ4v) is 5.83. The maximum Gasteiger partial charge on any atom is 0.255 e. The van der Waals surface area contributed by atoms with Crippen molar-refractivity contribution in [1.82, 2.24) is 9.80 Å². The van der Waals surface area contributed by atoms with Crippen LogP contribution in [-0.2, 0) is 32.1 Å². The topological polar surface area (TPSA) is 182 Å². The van der Waals surface area contributed by atoms with E-state index >= 15 is 0 Å². The summed E-state index contributed by atoms with van der Waals surface area (Å²) in [7, 11) is 3.10. The van der Waals surface area contributed by atoms with Crippen LogP contribution in [0.1, 0.15) is 30.0 Å². The molecule has 3 unspecified atom stereocenters. The summed E-state index contributed by atoms with van der Waals surface area (Å²) >= 11 is 0. The van der Waals surface area contributed by atoms with Crippen LogP contribution in [-0.4, -0.2) is 86.4 Å². The number of ketones is 2. The molecule has 2 amide bonds. The molecule has 0 radical (unpaired) electrons. The zero-order valence-corrected chi connectivity index (χ0v) is 20.2. The third-order valence-electron chi connectivity index (χ3n) is 7.61. The van der Waals surface area contributed by atoms with E-state index in [-0.39, 0.29) is 36.3 Å². The number of aromatic hydroxyl groups is 1. The summed E-state index contributed by atoms with van der Waals surface area (Å²) in [5, 5.41) is 44.6. The van der Waals surface area contributed by atoms with Gasteiger partial charge in [0.15, 0.2) is 11.4 Å². The Morgan fingerprint density at radius 3 is 2.44 bits per heavy atom. The van der Waals surface area contributed by atoms with Gasteiger partial charge < -0.3 is 31.1 Å².